The number of aliphatic carboxylic acids is 1. The standard InChI is InChI=1S/C14H19N3O3/c1-10-3-2-6-15-12(10)7-16-14(20)17(9-13(18)19)8-11-4-5-11/h2-3,6,11H,4-5,7-9H2,1H3,(H,16,20)(H,18,19). The molecule has 1 aliphatic rings. The Labute approximate surface area is 117 Å². The van der Waals surface area contributed by atoms with Gasteiger partial charge in [-0.15, -0.1) is 0 Å². The van der Waals surface area contributed by atoms with E-state index in [9.17, 15) is 9.59 Å². The molecule has 0 bridgehead atoms. The monoisotopic (exact) mass is 277 g/mol. The number of hydrogen-bond donors (Lipinski definition) is 2. The number of aryl methyl sites for hydroxylation is 1. The first kappa shape index (κ1) is 14.3. The molecule has 1 saturated carbocycles. The van der Waals surface area contributed by atoms with Gasteiger partial charge in [0, 0.05) is 12.7 Å². The number of pyridine rings is 1. The average Bonchev–Trinajstić information content (AvgIpc) is 3.20. The lowest BCUT2D eigenvalue weighted by Crippen LogP contribution is -2.43. The number of carboxylic acids is 1. The normalized spacial score (nSPS) is 13.8. The quantitative estimate of drug-likeness (QED) is 0.823. The van der Waals surface area contributed by atoms with E-state index in [0.29, 0.717) is 19.0 Å². The lowest BCUT2D eigenvalue weighted by atomic mass is 10.2. The van der Waals surface area contributed by atoms with E-state index in [-0.39, 0.29) is 12.6 Å². The first-order chi connectivity index (χ1) is 9.56. The van der Waals surface area contributed by atoms with Crippen molar-refractivity contribution in [2.75, 3.05) is 13.1 Å². The zero-order valence-electron chi connectivity index (χ0n) is 11.5. The highest BCUT2D eigenvalue weighted by molar-refractivity contribution is 5.80. The zero-order chi connectivity index (χ0) is 14.5. The van der Waals surface area contributed by atoms with E-state index in [4.69, 9.17) is 5.11 Å². The second-order valence-electron chi connectivity index (χ2n) is 5.14. The first-order valence-electron chi connectivity index (χ1n) is 6.71. The summed E-state index contributed by atoms with van der Waals surface area (Å²) in [6.07, 6.45) is 3.82. The van der Waals surface area contributed by atoms with Gasteiger partial charge in [0.2, 0.25) is 0 Å². The summed E-state index contributed by atoms with van der Waals surface area (Å²) in [4.78, 5) is 28.4. The molecule has 0 unspecified atom stereocenters. The van der Waals surface area contributed by atoms with Crippen LogP contribution >= 0.6 is 0 Å². The lowest BCUT2D eigenvalue weighted by molar-refractivity contribution is -0.137. The molecule has 6 heteroatoms. The fraction of sp³-hybridized carbons (Fsp3) is 0.500. The van der Waals surface area contributed by atoms with E-state index in [2.05, 4.69) is 10.3 Å². The summed E-state index contributed by atoms with van der Waals surface area (Å²) in [5.74, 6) is -0.536. The molecule has 2 amide bonds. The molecule has 0 spiro atoms. The molecule has 1 fully saturated rings. The Kier molecular flexibility index (Phi) is 4.55. The van der Waals surface area contributed by atoms with E-state index in [1.54, 1.807) is 6.20 Å². The second-order valence-corrected chi connectivity index (χ2v) is 5.14. The van der Waals surface area contributed by atoms with Crippen LogP contribution in [-0.2, 0) is 11.3 Å². The summed E-state index contributed by atoms with van der Waals surface area (Å²) < 4.78 is 0. The van der Waals surface area contributed by atoms with Gasteiger partial charge < -0.3 is 15.3 Å². The summed E-state index contributed by atoms with van der Waals surface area (Å²) in [6.45, 7) is 2.49. The molecule has 2 rings (SSSR count). The van der Waals surface area contributed by atoms with E-state index in [1.807, 2.05) is 19.1 Å². The Hall–Kier alpha value is -2.11. The van der Waals surface area contributed by atoms with Crippen LogP contribution in [0.5, 0.6) is 0 Å². The Morgan fingerprint density at radius 2 is 2.25 bits per heavy atom. The van der Waals surface area contributed by atoms with E-state index < -0.39 is 5.97 Å². The smallest absolute Gasteiger partial charge is 0.323 e. The highest BCUT2D eigenvalue weighted by Gasteiger charge is 2.27. The molecule has 0 aliphatic heterocycles. The number of carbonyl (C=O) groups is 2. The summed E-state index contributed by atoms with van der Waals surface area (Å²) in [7, 11) is 0. The fourth-order valence-corrected chi connectivity index (χ4v) is 1.97. The van der Waals surface area contributed by atoms with Gasteiger partial charge in [0.1, 0.15) is 6.54 Å². The number of carboxylic acid groups (broad SMARTS) is 1. The van der Waals surface area contributed by atoms with Crippen molar-refractivity contribution in [2.24, 2.45) is 5.92 Å². The van der Waals surface area contributed by atoms with Gasteiger partial charge in [-0.2, -0.15) is 0 Å². The minimum atomic E-state index is -0.991. The summed E-state index contributed by atoms with van der Waals surface area (Å²) in [5.41, 5.74) is 1.79. The molecule has 0 saturated heterocycles. The van der Waals surface area contributed by atoms with Crippen LogP contribution in [-0.4, -0.2) is 40.1 Å². The van der Waals surface area contributed by atoms with Crippen LogP contribution in [0.3, 0.4) is 0 Å². The number of aromatic nitrogens is 1. The molecule has 0 atom stereocenters. The maximum atomic E-state index is 12.1. The van der Waals surface area contributed by atoms with Crippen molar-refractivity contribution in [1.29, 1.82) is 0 Å². The number of hydrogen-bond acceptors (Lipinski definition) is 3. The molecule has 6 nitrogen and oxygen atoms in total. The largest absolute Gasteiger partial charge is 0.480 e. The predicted molar refractivity (Wildman–Crippen MR) is 73.1 cm³/mol. The van der Waals surface area contributed by atoms with Crippen molar-refractivity contribution < 1.29 is 14.7 Å². The molecule has 20 heavy (non-hydrogen) atoms. The number of rotatable bonds is 6. The molecule has 108 valence electrons. The van der Waals surface area contributed by atoms with Crippen LogP contribution in [0.1, 0.15) is 24.1 Å². The third-order valence-corrected chi connectivity index (χ3v) is 3.31. The minimum Gasteiger partial charge on any atom is -0.480 e. The van der Waals surface area contributed by atoms with Crippen LogP contribution in [0.4, 0.5) is 4.79 Å². The highest BCUT2D eigenvalue weighted by Crippen LogP contribution is 2.29. The topological polar surface area (TPSA) is 82.5 Å². The van der Waals surface area contributed by atoms with Crippen molar-refractivity contribution in [3.05, 3.63) is 29.6 Å². The lowest BCUT2D eigenvalue weighted by Gasteiger charge is -2.21. The van der Waals surface area contributed by atoms with Crippen LogP contribution in [0.15, 0.2) is 18.3 Å². The first-order valence-corrected chi connectivity index (χ1v) is 6.71. The molecule has 1 aromatic heterocycles. The molecule has 0 aromatic carbocycles. The van der Waals surface area contributed by atoms with Crippen LogP contribution in [0.2, 0.25) is 0 Å². The third-order valence-electron chi connectivity index (χ3n) is 3.31. The van der Waals surface area contributed by atoms with Crippen LogP contribution in [0.25, 0.3) is 0 Å². The van der Waals surface area contributed by atoms with Gasteiger partial charge >= 0.3 is 12.0 Å². The van der Waals surface area contributed by atoms with Gasteiger partial charge in [-0.1, -0.05) is 6.07 Å². The van der Waals surface area contributed by atoms with Gasteiger partial charge in [0.15, 0.2) is 0 Å². The van der Waals surface area contributed by atoms with Gasteiger partial charge in [-0.25, -0.2) is 4.79 Å². The number of nitrogens with one attached hydrogen (secondary N) is 1. The number of nitrogens with zero attached hydrogens (tertiary/aromatic N) is 2. The molecular formula is C14H19N3O3. The maximum absolute atomic E-state index is 12.1. The number of urea groups is 1. The van der Waals surface area contributed by atoms with E-state index >= 15 is 0 Å². The van der Waals surface area contributed by atoms with Crippen molar-refractivity contribution in [3.63, 3.8) is 0 Å². The van der Waals surface area contributed by atoms with E-state index in [1.165, 1.54) is 4.90 Å². The van der Waals surface area contributed by atoms with Gasteiger partial charge in [0.25, 0.3) is 0 Å². The predicted octanol–water partition coefficient (Wildman–Crippen LogP) is 1.40. The maximum Gasteiger partial charge on any atom is 0.323 e. The molecule has 1 aliphatic carbocycles. The van der Waals surface area contributed by atoms with Crippen LogP contribution in [0, 0.1) is 12.8 Å². The number of amides is 2. The Morgan fingerprint density at radius 1 is 1.50 bits per heavy atom. The third kappa shape index (κ3) is 4.22. The van der Waals surface area contributed by atoms with Crippen molar-refractivity contribution in [3.8, 4) is 0 Å². The van der Waals surface area contributed by atoms with Crippen LogP contribution < -0.4 is 5.32 Å². The van der Waals surface area contributed by atoms with Crippen molar-refractivity contribution >= 4 is 12.0 Å². The summed E-state index contributed by atoms with van der Waals surface area (Å²) >= 11 is 0. The molecule has 2 N–H and O–H groups in total. The zero-order valence-corrected chi connectivity index (χ0v) is 11.5. The van der Waals surface area contributed by atoms with Crippen molar-refractivity contribution in [1.82, 2.24) is 15.2 Å². The minimum absolute atomic E-state index is 0.260. The number of carbonyl (C=O) groups excluding carboxylic acids is 1. The Bertz CT molecular complexity index is 500. The van der Waals surface area contributed by atoms with Gasteiger partial charge in [-0.05, 0) is 37.3 Å². The van der Waals surface area contributed by atoms with Gasteiger partial charge in [0.05, 0.1) is 12.2 Å². The van der Waals surface area contributed by atoms with E-state index in [0.717, 1.165) is 24.1 Å². The Morgan fingerprint density at radius 3 is 2.85 bits per heavy atom. The molecule has 1 aromatic rings. The SMILES string of the molecule is Cc1cccnc1CNC(=O)N(CC(=O)O)CC1CC1. The van der Waals surface area contributed by atoms with Crippen molar-refractivity contribution in [2.45, 2.75) is 26.3 Å². The average molecular weight is 277 g/mol. The summed E-state index contributed by atoms with van der Waals surface area (Å²) in [6, 6.07) is 3.42. The molecular weight excluding hydrogens is 258 g/mol. The second kappa shape index (κ2) is 6.36. The molecule has 1 heterocycles. The Balaban J connectivity index is 1.90. The highest BCUT2D eigenvalue weighted by atomic mass is 16.4. The fourth-order valence-electron chi connectivity index (χ4n) is 1.97. The summed E-state index contributed by atoms with van der Waals surface area (Å²) in [5, 5.41) is 11.6. The molecule has 0 radical (unpaired) electrons. The van der Waals surface area contributed by atoms with Gasteiger partial charge in [-0.3, -0.25) is 9.78 Å².